The minimum atomic E-state index is -0.508. The van der Waals surface area contributed by atoms with Crippen LogP contribution in [0.2, 0.25) is 0 Å². The molecule has 0 saturated heterocycles. The molecule has 64 valence electrons. The van der Waals surface area contributed by atoms with Crippen LogP contribution in [0, 0.1) is 11.3 Å². The maximum Gasteiger partial charge on any atom is 0.0937 e. The molecule has 3 nitrogen and oxygen atoms in total. The Balaban J connectivity index is 2.42. The fourth-order valence-corrected chi connectivity index (χ4v) is 1.55. The van der Waals surface area contributed by atoms with Gasteiger partial charge < -0.3 is 10.8 Å². The summed E-state index contributed by atoms with van der Waals surface area (Å²) in [6, 6.07) is 0. The van der Waals surface area contributed by atoms with E-state index >= 15 is 0 Å². The van der Waals surface area contributed by atoms with Crippen molar-refractivity contribution in [1.29, 1.82) is 5.41 Å². The molecule has 0 atom stereocenters. The first kappa shape index (κ1) is 8.53. The summed E-state index contributed by atoms with van der Waals surface area (Å²) in [7, 11) is 0. The molecule has 0 aromatic carbocycles. The van der Waals surface area contributed by atoms with E-state index in [1.165, 1.54) is 0 Å². The molecule has 0 aliphatic heterocycles. The van der Waals surface area contributed by atoms with E-state index in [0.29, 0.717) is 0 Å². The molecule has 11 heavy (non-hydrogen) atoms. The summed E-state index contributed by atoms with van der Waals surface area (Å²) in [5.74, 6) is 0.496. The van der Waals surface area contributed by atoms with E-state index in [1.54, 1.807) is 0 Å². The zero-order chi connectivity index (χ0) is 8.48. The van der Waals surface area contributed by atoms with Gasteiger partial charge in [-0.15, -0.1) is 0 Å². The smallest absolute Gasteiger partial charge is 0.0937 e. The fraction of sp³-hybridized carbons (Fsp3) is 0.875. The van der Waals surface area contributed by atoms with E-state index in [0.717, 1.165) is 25.7 Å². The lowest BCUT2D eigenvalue weighted by molar-refractivity contribution is 0.0157. The first-order valence-electron chi connectivity index (χ1n) is 4.07. The lowest BCUT2D eigenvalue weighted by Crippen LogP contribution is -2.35. The van der Waals surface area contributed by atoms with Gasteiger partial charge in [-0.25, -0.2) is 0 Å². The van der Waals surface area contributed by atoms with Crippen molar-refractivity contribution in [3.05, 3.63) is 0 Å². The molecule has 1 fully saturated rings. The second kappa shape index (κ2) is 2.81. The van der Waals surface area contributed by atoms with Gasteiger partial charge in [0.05, 0.1) is 11.4 Å². The molecule has 1 aliphatic carbocycles. The summed E-state index contributed by atoms with van der Waals surface area (Å²) in [4.78, 5) is 0. The predicted molar refractivity (Wildman–Crippen MR) is 44.5 cm³/mol. The molecule has 0 spiro atoms. The number of amidine groups is 1. The minimum Gasteiger partial charge on any atom is -0.390 e. The summed E-state index contributed by atoms with van der Waals surface area (Å²) in [5.41, 5.74) is 4.85. The molecule has 4 N–H and O–H groups in total. The predicted octanol–water partition coefficient (Wildman–Crippen LogP) is 0.864. The maximum atomic E-state index is 9.56. The summed E-state index contributed by atoms with van der Waals surface area (Å²) < 4.78 is 0. The van der Waals surface area contributed by atoms with Crippen LogP contribution in [0.4, 0.5) is 0 Å². The van der Waals surface area contributed by atoms with E-state index in [4.69, 9.17) is 11.1 Å². The molecule has 0 amide bonds. The number of aliphatic hydroxyl groups is 1. The number of nitrogens with two attached hydrogens (primary N) is 1. The van der Waals surface area contributed by atoms with Crippen LogP contribution >= 0.6 is 0 Å². The molecule has 3 heteroatoms. The Morgan fingerprint density at radius 1 is 1.55 bits per heavy atom. The van der Waals surface area contributed by atoms with Gasteiger partial charge >= 0.3 is 0 Å². The average Bonchev–Trinajstić information content (AvgIpc) is 1.86. The van der Waals surface area contributed by atoms with Gasteiger partial charge in [-0.2, -0.15) is 0 Å². The van der Waals surface area contributed by atoms with Crippen molar-refractivity contribution in [2.45, 2.75) is 38.2 Å². The zero-order valence-corrected chi connectivity index (χ0v) is 6.93. The summed E-state index contributed by atoms with van der Waals surface area (Å²) in [6.45, 7) is 1.85. The lowest BCUT2D eigenvalue weighted by atomic mass is 9.79. The van der Waals surface area contributed by atoms with Crippen LogP contribution in [0.15, 0.2) is 0 Å². The monoisotopic (exact) mass is 156 g/mol. The van der Waals surface area contributed by atoms with Crippen molar-refractivity contribution in [3.63, 3.8) is 0 Å². The Bertz CT molecular complexity index is 155. The molecule has 1 rings (SSSR count). The summed E-state index contributed by atoms with van der Waals surface area (Å²) >= 11 is 0. The third-order valence-electron chi connectivity index (χ3n) is 2.50. The highest BCUT2D eigenvalue weighted by atomic mass is 16.3. The Hall–Kier alpha value is -0.570. The molecular formula is C8H16N2O. The van der Waals surface area contributed by atoms with Crippen molar-refractivity contribution >= 4 is 5.84 Å². The standard InChI is InChI=1S/C8H16N2O/c1-8(11)4-2-6(3-5-8)7(9)10/h6,11H,2-5H2,1H3,(H3,9,10). The molecule has 0 aromatic rings. The normalized spacial score (nSPS) is 38.5. The van der Waals surface area contributed by atoms with Gasteiger partial charge in [0, 0.05) is 5.92 Å². The molecule has 0 aromatic heterocycles. The Labute approximate surface area is 67.1 Å². The lowest BCUT2D eigenvalue weighted by Gasteiger charge is -2.32. The first-order chi connectivity index (χ1) is 5.01. The van der Waals surface area contributed by atoms with Gasteiger partial charge in [-0.05, 0) is 32.6 Å². The van der Waals surface area contributed by atoms with Crippen LogP contribution in [0.1, 0.15) is 32.6 Å². The largest absolute Gasteiger partial charge is 0.390 e. The minimum absolute atomic E-state index is 0.218. The van der Waals surface area contributed by atoms with Crippen molar-refractivity contribution in [3.8, 4) is 0 Å². The van der Waals surface area contributed by atoms with E-state index < -0.39 is 5.60 Å². The van der Waals surface area contributed by atoms with E-state index in [-0.39, 0.29) is 11.8 Å². The third-order valence-corrected chi connectivity index (χ3v) is 2.50. The molecule has 1 aliphatic rings. The second-order valence-electron chi connectivity index (χ2n) is 3.73. The van der Waals surface area contributed by atoms with Crippen LogP contribution in [0.3, 0.4) is 0 Å². The Morgan fingerprint density at radius 2 is 2.00 bits per heavy atom. The SMILES string of the molecule is CC1(O)CCC(C(=N)N)CC1. The highest BCUT2D eigenvalue weighted by Crippen LogP contribution is 2.31. The van der Waals surface area contributed by atoms with Gasteiger partial charge in [-0.1, -0.05) is 0 Å². The molecular weight excluding hydrogens is 140 g/mol. The van der Waals surface area contributed by atoms with Gasteiger partial charge in [0.1, 0.15) is 0 Å². The van der Waals surface area contributed by atoms with Crippen molar-refractivity contribution in [1.82, 2.24) is 0 Å². The molecule has 0 radical (unpaired) electrons. The Morgan fingerprint density at radius 3 is 2.36 bits per heavy atom. The van der Waals surface area contributed by atoms with E-state index in [2.05, 4.69) is 0 Å². The fourth-order valence-electron chi connectivity index (χ4n) is 1.55. The molecule has 0 unspecified atom stereocenters. The van der Waals surface area contributed by atoms with Gasteiger partial charge in [0.25, 0.3) is 0 Å². The van der Waals surface area contributed by atoms with E-state index in [1.807, 2.05) is 6.92 Å². The molecule has 0 heterocycles. The number of nitrogens with one attached hydrogen (secondary N) is 1. The topological polar surface area (TPSA) is 70.1 Å². The highest BCUT2D eigenvalue weighted by molar-refractivity contribution is 5.79. The number of hydrogen-bond donors (Lipinski definition) is 3. The van der Waals surface area contributed by atoms with Gasteiger partial charge in [0.15, 0.2) is 0 Å². The summed E-state index contributed by atoms with van der Waals surface area (Å²) in [5, 5.41) is 16.8. The number of hydrogen-bond acceptors (Lipinski definition) is 2. The van der Waals surface area contributed by atoms with Crippen molar-refractivity contribution < 1.29 is 5.11 Å². The quantitative estimate of drug-likeness (QED) is 0.389. The van der Waals surface area contributed by atoms with Crippen molar-refractivity contribution in [2.24, 2.45) is 11.7 Å². The first-order valence-corrected chi connectivity index (χ1v) is 4.07. The highest BCUT2D eigenvalue weighted by Gasteiger charge is 2.29. The Kier molecular flexibility index (Phi) is 2.18. The van der Waals surface area contributed by atoms with Gasteiger partial charge in [-0.3, -0.25) is 5.41 Å². The van der Waals surface area contributed by atoms with Crippen LogP contribution in [0.25, 0.3) is 0 Å². The second-order valence-corrected chi connectivity index (χ2v) is 3.73. The third kappa shape index (κ3) is 2.19. The number of rotatable bonds is 1. The zero-order valence-electron chi connectivity index (χ0n) is 6.93. The molecule has 1 saturated carbocycles. The van der Waals surface area contributed by atoms with Crippen LogP contribution in [-0.4, -0.2) is 16.5 Å². The van der Waals surface area contributed by atoms with Crippen LogP contribution in [-0.2, 0) is 0 Å². The maximum absolute atomic E-state index is 9.56. The van der Waals surface area contributed by atoms with Crippen LogP contribution < -0.4 is 5.73 Å². The molecule has 0 bridgehead atoms. The van der Waals surface area contributed by atoms with Crippen molar-refractivity contribution in [2.75, 3.05) is 0 Å². The van der Waals surface area contributed by atoms with Crippen LogP contribution in [0.5, 0.6) is 0 Å². The summed E-state index contributed by atoms with van der Waals surface area (Å²) in [6.07, 6.45) is 3.28. The van der Waals surface area contributed by atoms with E-state index in [9.17, 15) is 5.11 Å². The van der Waals surface area contributed by atoms with Gasteiger partial charge in [0.2, 0.25) is 0 Å². The average molecular weight is 156 g/mol.